The molecule has 0 radical (unpaired) electrons. The zero-order valence-electron chi connectivity index (χ0n) is 20.2. The van der Waals surface area contributed by atoms with Gasteiger partial charge in [0.2, 0.25) is 0 Å². The minimum Gasteiger partial charge on any atom is -0.255 e. The van der Waals surface area contributed by atoms with Crippen LogP contribution in [0.15, 0.2) is 53.6 Å². The van der Waals surface area contributed by atoms with Crippen LogP contribution in [0.1, 0.15) is 30.0 Å². The Morgan fingerprint density at radius 3 is 2.32 bits per heavy atom. The molecule has 6 nitrogen and oxygen atoms in total. The summed E-state index contributed by atoms with van der Waals surface area (Å²) in [5, 5.41) is 4.18. The van der Waals surface area contributed by atoms with Gasteiger partial charge in [-0.25, -0.2) is 8.78 Å². The van der Waals surface area contributed by atoms with Crippen molar-refractivity contribution < 1.29 is 39.2 Å². The molecule has 0 aromatic heterocycles. The maximum atomic E-state index is 14.6. The Morgan fingerprint density at radius 1 is 1.03 bits per heavy atom. The quantitative estimate of drug-likeness (QED) is 0.444. The molecule has 0 amide bonds. The molecule has 1 unspecified atom stereocenters. The number of hydrogen-bond donors (Lipinski definition) is 0. The molecule has 0 saturated carbocycles. The minimum atomic E-state index is -5.92. The molecule has 2 aromatic carbocycles. The third-order valence-corrected chi connectivity index (χ3v) is 8.29. The van der Waals surface area contributed by atoms with E-state index in [2.05, 4.69) is 5.10 Å². The highest BCUT2D eigenvalue weighted by molar-refractivity contribution is 7.86. The molecule has 1 atom stereocenters. The Kier molecular flexibility index (Phi) is 7.36. The van der Waals surface area contributed by atoms with Crippen LogP contribution in [-0.2, 0) is 10.2 Å². The first-order chi connectivity index (χ1) is 17.6. The summed E-state index contributed by atoms with van der Waals surface area (Å²) >= 11 is 0. The molecule has 38 heavy (non-hydrogen) atoms. The summed E-state index contributed by atoms with van der Waals surface area (Å²) in [4.78, 5) is 0. The molecule has 0 fully saturated rings. The van der Waals surface area contributed by atoms with Crippen LogP contribution in [0.2, 0.25) is 0 Å². The molecule has 2 aromatic rings. The average molecular weight is 565 g/mol. The molecule has 14 heteroatoms. The molecule has 0 aliphatic carbocycles. The van der Waals surface area contributed by atoms with E-state index in [9.17, 15) is 39.2 Å². The zero-order valence-corrected chi connectivity index (χ0v) is 21.0. The van der Waals surface area contributed by atoms with Crippen molar-refractivity contribution >= 4 is 27.2 Å². The Bertz CT molecular complexity index is 1390. The Balaban J connectivity index is 1.70. The molecule has 0 saturated heterocycles. The second-order valence-electron chi connectivity index (χ2n) is 9.03. The molecular weight excluding hydrogens is 541 g/mol. The summed E-state index contributed by atoms with van der Waals surface area (Å²) in [5.74, 6) is -7.39. The van der Waals surface area contributed by atoms with E-state index in [0.29, 0.717) is 23.1 Å². The Labute approximate surface area is 214 Å². The number of benzene rings is 2. The van der Waals surface area contributed by atoms with E-state index in [4.69, 9.17) is 0 Å². The fraction of sp³-hybridized carbons (Fsp3) is 0.375. The van der Waals surface area contributed by atoms with Gasteiger partial charge in [0, 0.05) is 39.7 Å². The van der Waals surface area contributed by atoms with Crippen LogP contribution in [0, 0.1) is 11.6 Å². The number of anilines is 1. The molecule has 0 bridgehead atoms. The summed E-state index contributed by atoms with van der Waals surface area (Å²) < 4.78 is 123. The van der Waals surface area contributed by atoms with Crippen molar-refractivity contribution in [1.29, 1.82) is 0 Å². The van der Waals surface area contributed by atoms with E-state index in [0.717, 1.165) is 22.0 Å². The molecule has 4 rings (SSSR count). The van der Waals surface area contributed by atoms with Gasteiger partial charge in [-0.1, -0.05) is 24.3 Å². The lowest BCUT2D eigenvalue weighted by Crippen LogP contribution is -2.43. The average Bonchev–Trinajstić information content (AvgIpc) is 3.29. The first-order valence-corrected chi connectivity index (χ1v) is 12.8. The van der Waals surface area contributed by atoms with Gasteiger partial charge in [0.1, 0.15) is 11.5 Å². The topological polar surface area (TPSA) is 56.2 Å². The second-order valence-corrected chi connectivity index (χ2v) is 11.2. The van der Waals surface area contributed by atoms with Crippen LogP contribution < -0.4 is 5.01 Å². The number of hydrogen-bond acceptors (Lipinski definition) is 4. The summed E-state index contributed by atoms with van der Waals surface area (Å²) in [5.41, 5.74) is -0.342. The van der Waals surface area contributed by atoms with Crippen molar-refractivity contribution in [2.75, 3.05) is 32.2 Å². The fourth-order valence-electron chi connectivity index (χ4n) is 4.31. The number of rotatable bonds is 6. The first-order valence-electron chi connectivity index (χ1n) is 11.4. The van der Waals surface area contributed by atoms with Crippen molar-refractivity contribution in [1.82, 2.24) is 8.61 Å². The monoisotopic (exact) mass is 564 g/mol. The summed E-state index contributed by atoms with van der Waals surface area (Å²) in [6, 6.07) is 7.31. The van der Waals surface area contributed by atoms with Crippen LogP contribution in [0.4, 0.5) is 36.4 Å². The molecule has 2 aliphatic rings. The van der Waals surface area contributed by atoms with Gasteiger partial charge >= 0.3 is 12.1 Å². The number of alkyl halides is 5. The smallest absolute Gasteiger partial charge is 0.255 e. The van der Waals surface area contributed by atoms with E-state index in [1.165, 1.54) is 24.5 Å². The summed E-state index contributed by atoms with van der Waals surface area (Å²) in [6.45, 7) is 0.263. The lowest BCUT2D eigenvalue weighted by atomic mass is 9.93. The number of halogens is 7. The van der Waals surface area contributed by atoms with Crippen molar-refractivity contribution in [2.45, 2.75) is 31.0 Å². The molecule has 206 valence electrons. The lowest BCUT2D eigenvalue weighted by molar-refractivity contribution is -0.249. The standard InChI is InChI=1S/C24H23F7N4O2S/c1-33(2)38(36,37)34-10-8-15(9-11-34)16-4-3-5-17(12-16)21-14-22(23(27,28)24(29,30)31)32-35(21)20-7-6-18(25)13-19(20)26/h3-8,12-13,21H,9-11,14H2,1-2H3. The maximum absolute atomic E-state index is 14.6. The summed E-state index contributed by atoms with van der Waals surface area (Å²) in [7, 11) is -0.808. The van der Waals surface area contributed by atoms with Crippen LogP contribution in [0.5, 0.6) is 0 Å². The van der Waals surface area contributed by atoms with Crippen molar-refractivity contribution in [3.63, 3.8) is 0 Å². The minimum absolute atomic E-state index is 0.0848. The van der Waals surface area contributed by atoms with E-state index in [-0.39, 0.29) is 18.7 Å². The van der Waals surface area contributed by atoms with E-state index in [1.807, 2.05) is 0 Å². The first kappa shape index (κ1) is 28.0. The van der Waals surface area contributed by atoms with Gasteiger partial charge in [-0.2, -0.15) is 44.1 Å². The van der Waals surface area contributed by atoms with Gasteiger partial charge in [-0.05, 0) is 41.3 Å². The third kappa shape index (κ3) is 5.16. The molecule has 2 heterocycles. The van der Waals surface area contributed by atoms with Crippen molar-refractivity contribution in [3.8, 4) is 0 Å². The van der Waals surface area contributed by atoms with Crippen molar-refractivity contribution in [2.24, 2.45) is 5.10 Å². The maximum Gasteiger partial charge on any atom is 0.459 e. The molecule has 2 aliphatic heterocycles. The summed E-state index contributed by atoms with van der Waals surface area (Å²) in [6.07, 6.45) is -4.76. The largest absolute Gasteiger partial charge is 0.459 e. The van der Waals surface area contributed by atoms with E-state index in [1.54, 1.807) is 24.3 Å². The van der Waals surface area contributed by atoms with Gasteiger partial charge in [0.15, 0.2) is 5.82 Å². The second kappa shape index (κ2) is 9.97. The molecule has 0 N–H and O–H groups in total. The van der Waals surface area contributed by atoms with Gasteiger partial charge in [-0.3, -0.25) is 5.01 Å². The zero-order chi connectivity index (χ0) is 28.0. The number of hydrazone groups is 1. The lowest BCUT2D eigenvalue weighted by Gasteiger charge is -2.29. The normalized spacial score (nSPS) is 19.6. The highest BCUT2D eigenvalue weighted by atomic mass is 32.2. The predicted octanol–water partition coefficient (Wildman–Crippen LogP) is 5.37. The Morgan fingerprint density at radius 2 is 1.74 bits per heavy atom. The van der Waals surface area contributed by atoms with E-state index < -0.39 is 57.8 Å². The van der Waals surface area contributed by atoms with E-state index >= 15 is 0 Å². The van der Waals surface area contributed by atoms with Crippen molar-refractivity contribution in [3.05, 3.63) is 71.3 Å². The van der Waals surface area contributed by atoms with Gasteiger partial charge in [0.25, 0.3) is 10.2 Å². The highest BCUT2D eigenvalue weighted by Crippen LogP contribution is 2.45. The van der Waals surface area contributed by atoms with Gasteiger partial charge in [0.05, 0.1) is 11.7 Å². The van der Waals surface area contributed by atoms with Gasteiger partial charge in [-0.15, -0.1) is 0 Å². The third-order valence-electron chi connectivity index (χ3n) is 6.39. The predicted molar refractivity (Wildman–Crippen MR) is 128 cm³/mol. The van der Waals surface area contributed by atoms with Crippen LogP contribution >= 0.6 is 0 Å². The van der Waals surface area contributed by atoms with Gasteiger partial charge < -0.3 is 0 Å². The highest BCUT2D eigenvalue weighted by Gasteiger charge is 2.63. The van der Waals surface area contributed by atoms with Crippen LogP contribution in [0.25, 0.3) is 5.57 Å². The van der Waals surface area contributed by atoms with Crippen LogP contribution in [-0.4, -0.2) is 62.0 Å². The fourth-order valence-corrected chi connectivity index (χ4v) is 5.36. The Hall–Kier alpha value is -2.97. The SMILES string of the molecule is CN(C)S(=O)(=O)N1CC=C(c2cccc(C3CC(C(F)(F)C(F)(F)F)=NN3c3ccc(F)cc3F)c2)CC1. The molecule has 0 spiro atoms. The van der Waals surface area contributed by atoms with Crippen LogP contribution in [0.3, 0.4) is 0 Å². The molecular formula is C24H23F7N4O2S. The number of nitrogens with zero attached hydrogens (tertiary/aromatic N) is 4.